The Labute approximate surface area is 93.2 Å². The van der Waals surface area contributed by atoms with Crippen molar-refractivity contribution >= 4 is 15.2 Å². The smallest absolute Gasteiger partial charge is 0.418 e. The monoisotopic (exact) mass is 248 g/mol. The zero-order chi connectivity index (χ0) is 12.8. The van der Waals surface area contributed by atoms with Crippen LogP contribution in [-0.4, -0.2) is 24.2 Å². The van der Waals surface area contributed by atoms with E-state index >= 15 is 0 Å². The van der Waals surface area contributed by atoms with Gasteiger partial charge < -0.3 is 17.3 Å². The summed E-state index contributed by atoms with van der Waals surface area (Å²) in [6.45, 7) is 14.1. The van der Waals surface area contributed by atoms with Gasteiger partial charge in [-0.05, 0) is 17.0 Å². The normalized spacial score (nSPS) is 12.4. The maximum absolute atomic E-state index is 9.75. The minimum Gasteiger partial charge on any atom is -0.418 e. The summed E-state index contributed by atoms with van der Waals surface area (Å²) in [5.41, 5.74) is 2.69. The molecule has 0 aromatic rings. The molecule has 0 bridgehead atoms. The SMILES string of the molecule is CC(C)P(C(C)C)C(C)C.F[B-](F)(F)F.[H+]. The molecule has 0 heterocycles. The minimum absolute atomic E-state index is 0. The van der Waals surface area contributed by atoms with E-state index < -0.39 is 7.25 Å². The Kier molecular flexibility index (Phi) is 8.78. The molecule has 6 heteroatoms. The second-order valence-electron chi connectivity index (χ2n) is 4.22. The Morgan fingerprint density at radius 1 is 0.733 bits per heavy atom. The first-order chi connectivity index (χ1) is 6.46. The van der Waals surface area contributed by atoms with Gasteiger partial charge in [-0.2, -0.15) is 0 Å². The van der Waals surface area contributed by atoms with Crippen molar-refractivity contribution in [3.63, 3.8) is 0 Å². The molecule has 0 fully saturated rings. The lowest BCUT2D eigenvalue weighted by Gasteiger charge is -2.29. The molecule has 0 aromatic carbocycles. The number of hydrogen-bond acceptors (Lipinski definition) is 0. The molecule has 15 heavy (non-hydrogen) atoms. The molecule has 0 radical (unpaired) electrons. The van der Waals surface area contributed by atoms with Crippen LogP contribution in [0.25, 0.3) is 0 Å². The lowest BCUT2D eigenvalue weighted by atomic mass is 10.3. The first-order valence-electron chi connectivity index (χ1n) is 5.11. The van der Waals surface area contributed by atoms with E-state index in [9.17, 15) is 17.3 Å². The van der Waals surface area contributed by atoms with E-state index in [1.807, 2.05) is 0 Å². The van der Waals surface area contributed by atoms with Gasteiger partial charge in [0.05, 0.1) is 0 Å². The van der Waals surface area contributed by atoms with Crippen molar-refractivity contribution in [3.8, 4) is 0 Å². The van der Waals surface area contributed by atoms with Crippen LogP contribution in [0.15, 0.2) is 0 Å². The summed E-state index contributed by atoms with van der Waals surface area (Å²) >= 11 is 0. The number of hydrogen-bond donors (Lipinski definition) is 0. The van der Waals surface area contributed by atoms with Crippen LogP contribution in [0.5, 0.6) is 0 Å². The van der Waals surface area contributed by atoms with Crippen LogP contribution in [0.2, 0.25) is 0 Å². The van der Waals surface area contributed by atoms with E-state index in [1.54, 1.807) is 0 Å². The summed E-state index contributed by atoms with van der Waals surface area (Å²) in [5, 5.41) is 0. The first kappa shape index (κ1) is 17.6. The Hall–Kier alpha value is 0.215. The van der Waals surface area contributed by atoms with Crippen molar-refractivity contribution in [3.05, 3.63) is 0 Å². The van der Waals surface area contributed by atoms with E-state index in [-0.39, 0.29) is 9.35 Å². The molecule has 0 N–H and O–H groups in total. The fourth-order valence-corrected chi connectivity index (χ4v) is 5.37. The summed E-state index contributed by atoms with van der Waals surface area (Å²) in [6, 6.07) is 0. The van der Waals surface area contributed by atoms with Gasteiger partial charge in [-0.3, -0.25) is 0 Å². The number of rotatable bonds is 3. The van der Waals surface area contributed by atoms with Crippen LogP contribution in [0.4, 0.5) is 17.3 Å². The highest BCUT2D eigenvalue weighted by atomic mass is 31.1. The highest BCUT2D eigenvalue weighted by Gasteiger charge is 2.20. The average Bonchev–Trinajstić information content (AvgIpc) is 1.77. The molecule has 0 spiro atoms. The molecule has 0 saturated carbocycles. The lowest BCUT2D eigenvalue weighted by molar-refractivity contribution is 0.368. The van der Waals surface area contributed by atoms with E-state index in [1.165, 1.54) is 0 Å². The highest BCUT2D eigenvalue weighted by molar-refractivity contribution is 7.59. The largest absolute Gasteiger partial charge is 1.00 e. The van der Waals surface area contributed by atoms with Crippen molar-refractivity contribution in [2.45, 2.75) is 58.5 Å². The summed E-state index contributed by atoms with van der Waals surface area (Å²) < 4.78 is 39.0. The molecule has 0 unspecified atom stereocenters. The van der Waals surface area contributed by atoms with Gasteiger partial charge in [-0.1, -0.05) is 49.5 Å². The summed E-state index contributed by atoms with van der Waals surface area (Å²) in [7, 11) is -5.74. The van der Waals surface area contributed by atoms with Crippen molar-refractivity contribution in [1.29, 1.82) is 0 Å². The zero-order valence-corrected chi connectivity index (χ0v) is 11.2. The van der Waals surface area contributed by atoms with Crippen molar-refractivity contribution < 1.29 is 18.7 Å². The van der Waals surface area contributed by atoms with Gasteiger partial charge >= 0.3 is 8.68 Å². The van der Waals surface area contributed by atoms with Gasteiger partial charge in [0.25, 0.3) is 0 Å². The molecule has 0 atom stereocenters. The fourth-order valence-electron chi connectivity index (χ4n) is 1.79. The zero-order valence-electron chi connectivity index (χ0n) is 11.3. The molecule has 0 nitrogen and oxygen atoms in total. The Balaban J connectivity index is -0.000000242. The standard InChI is InChI=1S/C9H21P.BF4/c1-7(2)10(8(3)4)9(5)6;2-1(3,4)5/h7-9H,1-6H3;/q;-1/p+1. The van der Waals surface area contributed by atoms with Crippen LogP contribution in [-0.2, 0) is 0 Å². The second-order valence-corrected chi connectivity index (χ2v) is 8.22. The Morgan fingerprint density at radius 3 is 0.867 bits per heavy atom. The summed E-state index contributed by atoms with van der Waals surface area (Å²) in [5.74, 6) is 0. The predicted molar refractivity (Wildman–Crippen MR) is 63.6 cm³/mol. The topological polar surface area (TPSA) is 0 Å². The maximum Gasteiger partial charge on any atom is 1.00 e. The molecule has 94 valence electrons. The molecule has 0 amide bonds. The molecule has 0 aromatic heterocycles. The molecule has 0 aliphatic carbocycles. The maximum atomic E-state index is 9.75. The summed E-state index contributed by atoms with van der Waals surface area (Å²) in [4.78, 5) is 0. The lowest BCUT2D eigenvalue weighted by Crippen LogP contribution is -2.10. The molecule has 0 aliphatic rings. The minimum atomic E-state index is -6.00. The van der Waals surface area contributed by atoms with E-state index in [0.29, 0.717) is 0 Å². The van der Waals surface area contributed by atoms with Gasteiger partial charge in [-0.25, -0.2) is 0 Å². The third-order valence-corrected chi connectivity index (χ3v) is 5.37. The first-order valence-corrected chi connectivity index (χ1v) is 6.66. The fraction of sp³-hybridized carbons (Fsp3) is 1.00. The Bertz CT molecular complexity index is 137. The molecular weight excluding hydrogens is 226 g/mol. The predicted octanol–water partition coefficient (Wildman–Crippen LogP) is 5.11. The summed E-state index contributed by atoms with van der Waals surface area (Å²) in [6.07, 6.45) is 0. The average molecular weight is 248 g/mol. The van der Waals surface area contributed by atoms with E-state index in [2.05, 4.69) is 41.5 Å². The van der Waals surface area contributed by atoms with Gasteiger partial charge in [-0.15, -0.1) is 0 Å². The van der Waals surface area contributed by atoms with Gasteiger partial charge in [0, 0.05) is 0 Å². The second kappa shape index (κ2) is 7.48. The third kappa shape index (κ3) is 14.2. The van der Waals surface area contributed by atoms with Crippen LogP contribution in [0, 0.1) is 0 Å². The quantitative estimate of drug-likeness (QED) is 0.370. The molecular formula is C9H22BF4P. The van der Waals surface area contributed by atoms with E-state index in [0.717, 1.165) is 17.0 Å². The molecule has 0 rings (SSSR count). The van der Waals surface area contributed by atoms with Crippen LogP contribution in [0.1, 0.15) is 43.0 Å². The van der Waals surface area contributed by atoms with Crippen molar-refractivity contribution in [2.75, 3.05) is 0 Å². The Morgan fingerprint density at radius 2 is 0.867 bits per heavy atom. The van der Waals surface area contributed by atoms with Crippen molar-refractivity contribution in [2.24, 2.45) is 0 Å². The molecule has 0 saturated heterocycles. The van der Waals surface area contributed by atoms with Crippen LogP contribution in [0.3, 0.4) is 0 Å². The third-order valence-electron chi connectivity index (χ3n) is 1.79. The van der Waals surface area contributed by atoms with Gasteiger partial charge in [0.2, 0.25) is 0 Å². The van der Waals surface area contributed by atoms with Crippen LogP contribution >= 0.6 is 7.92 Å². The number of halogens is 4. The van der Waals surface area contributed by atoms with Gasteiger partial charge in [0.1, 0.15) is 0 Å². The molecule has 0 aliphatic heterocycles. The highest BCUT2D eigenvalue weighted by Crippen LogP contribution is 2.49. The van der Waals surface area contributed by atoms with Crippen molar-refractivity contribution in [1.82, 2.24) is 0 Å². The van der Waals surface area contributed by atoms with Crippen LogP contribution < -0.4 is 0 Å². The van der Waals surface area contributed by atoms with E-state index in [4.69, 9.17) is 0 Å². The van der Waals surface area contributed by atoms with Gasteiger partial charge in [0.15, 0.2) is 0 Å².